The lowest BCUT2D eigenvalue weighted by molar-refractivity contribution is -0.126. The molecule has 0 unspecified atom stereocenters. The molecule has 1 heterocycles. The van der Waals surface area contributed by atoms with Crippen LogP contribution in [0.5, 0.6) is 0 Å². The predicted octanol–water partition coefficient (Wildman–Crippen LogP) is 0.756. The quantitative estimate of drug-likeness (QED) is 0.688. The molecular formula is C14H19N3O2. The normalized spacial score (nSPS) is 15.8. The van der Waals surface area contributed by atoms with Gasteiger partial charge >= 0.3 is 0 Å². The maximum Gasteiger partial charge on any atom is 0.269 e. The number of hydrogen-bond acceptors (Lipinski definition) is 3. The molecule has 1 aromatic carbocycles. The zero-order chi connectivity index (χ0) is 13.7. The molecule has 3 N–H and O–H groups in total. The van der Waals surface area contributed by atoms with Crippen molar-refractivity contribution in [2.75, 3.05) is 13.1 Å². The topological polar surface area (TPSA) is 70.2 Å². The van der Waals surface area contributed by atoms with Crippen LogP contribution in [0.1, 0.15) is 28.8 Å². The molecule has 19 heavy (non-hydrogen) atoms. The van der Waals surface area contributed by atoms with Crippen molar-refractivity contribution in [3.05, 3.63) is 35.4 Å². The number of benzene rings is 1. The Morgan fingerprint density at radius 1 is 1.16 bits per heavy atom. The van der Waals surface area contributed by atoms with E-state index in [2.05, 4.69) is 16.2 Å². The van der Waals surface area contributed by atoms with Crippen LogP contribution in [0.2, 0.25) is 0 Å². The van der Waals surface area contributed by atoms with E-state index >= 15 is 0 Å². The van der Waals surface area contributed by atoms with Crippen LogP contribution in [0.4, 0.5) is 0 Å². The van der Waals surface area contributed by atoms with Crippen molar-refractivity contribution in [3.63, 3.8) is 0 Å². The molecule has 0 spiro atoms. The van der Waals surface area contributed by atoms with Crippen molar-refractivity contribution in [2.24, 2.45) is 5.92 Å². The minimum absolute atomic E-state index is 0.0154. The fraction of sp³-hybridized carbons (Fsp3) is 0.429. The summed E-state index contributed by atoms with van der Waals surface area (Å²) in [5, 5.41) is 3.20. The third kappa shape index (κ3) is 3.54. The zero-order valence-corrected chi connectivity index (χ0v) is 11.0. The minimum Gasteiger partial charge on any atom is -0.317 e. The highest BCUT2D eigenvalue weighted by Crippen LogP contribution is 2.11. The summed E-state index contributed by atoms with van der Waals surface area (Å²) in [6.45, 7) is 3.57. The maximum absolute atomic E-state index is 11.9. The van der Waals surface area contributed by atoms with Crippen molar-refractivity contribution in [3.8, 4) is 0 Å². The molecule has 0 saturated carbocycles. The van der Waals surface area contributed by atoms with E-state index in [1.165, 1.54) is 0 Å². The first-order valence-electron chi connectivity index (χ1n) is 6.55. The van der Waals surface area contributed by atoms with Crippen LogP contribution in [0.15, 0.2) is 24.3 Å². The standard InChI is InChI=1S/C14H19N3O2/c1-10-4-2-3-5-12(10)14(19)17-16-13(18)11-6-8-15-9-7-11/h2-5,11,15H,6-9H2,1H3,(H,16,18)(H,17,19). The molecule has 2 amide bonds. The van der Waals surface area contributed by atoms with Crippen molar-refractivity contribution in [2.45, 2.75) is 19.8 Å². The molecule has 1 aliphatic heterocycles. The van der Waals surface area contributed by atoms with E-state index in [9.17, 15) is 9.59 Å². The number of piperidine rings is 1. The van der Waals surface area contributed by atoms with Gasteiger partial charge in [0.05, 0.1) is 0 Å². The number of rotatable bonds is 2. The predicted molar refractivity (Wildman–Crippen MR) is 72.4 cm³/mol. The van der Waals surface area contributed by atoms with E-state index in [-0.39, 0.29) is 17.7 Å². The number of carbonyl (C=O) groups is 2. The largest absolute Gasteiger partial charge is 0.317 e. The number of carbonyl (C=O) groups excluding carboxylic acids is 2. The van der Waals surface area contributed by atoms with Gasteiger partial charge < -0.3 is 5.32 Å². The van der Waals surface area contributed by atoms with Crippen LogP contribution in [0.25, 0.3) is 0 Å². The average molecular weight is 261 g/mol. The van der Waals surface area contributed by atoms with Gasteiger partial charge in [0.2, 0.25) is 5.91 Å². The molecule has 1 aliphatic rings. The Balaban J connectivity index is 1.86. The molecular weight excluding hydrogens is 242 g/mol. The molecule has 1 saturated heterocycles. The summed E-state index contributed by atoms with van der Waals surface area (Å²) in [5.41, 5.74) is 6.45. The number of hydrazine groups is 1. The van der Waals surface area contributed by atoms with Crippen molar-refractivity contribution in [1.29, 1.82) is 0 Å². The lowest BCUT2D eigenvalue weighted by Gasteiger charge is -2.21. The summed E-state index contributed by atoms with van der Waals surface area (Å²) in [5.74, 6) is -0.401. The zero-order valence-electron chi connectivity index (χ0n) is 11.0. The van der Waals surface area contributed by atoms with Crippen LogP contribution >= 0.6 is 0 Å². The van der Waals surface area contributed by atoms with E-state index in [1.807, 2.05) is 19.1 Å². The van der Waals surface area contributed by atoms with Crippen LogP contribution in [0, 0.1) is 12.8 Å². The molecule has 0 aromatic heterocycles. The first-order chi connectivity index (χ1) is 9.18. The number of hydrogen-bond donors (Lipinski definition) is 3. The highest BCUT2D eigenvalue weighted by Gasteiger charge is 2.21. The van der Waals surface area contributed by atoms with Gasteiger partial charge in [-0.2, -0.15) is 0 Å². The Morgan fingerprint density at radius 3 is 2.53 bits per heavy atom. The summed E-state index contributed by atoms with van der Waals surface area (Å²) in [6, 6.07) is 7.28. The molecule has 0 atom stereocenters. The highest BCUT2D eigenvalue weighted by molar-refractivity contribution is 5.96. The fourth-order valence-electron chi connectivity index (χ4n) is 2.20. The van der Waals surface area contributed by atoms with Gasteiger partial charge in [-0.3, -0.25) is 20.4 Å². The molecule has 5 heteroatoms. The summed E-state index contributed by atoms with van der Waals surface area (Å²) in [4.78, 5) is 23.8. The van der Waals surface area contributed by atoms with Gasteiger partial charge in [0.1, 0.15) is 0 Å². The lowest BCUT2D eigenvalue weighted by atomic mass is 9.98. The monoisotopic (exact) mass is 261 g/mol. The van der Waals surface area contributed by atoms with Crippen molar-refractivity contribution in [1.82, 2.24) is 16.2 Å². The third-order valence-corrected chi connectivity index (χ3v) is 3.40. The maximum atomic E-state index is 11.9. The molecule has 0 radical (unpaired) electrons. The molecule has 0 aliphatic carbocycles. The smallest absolute Gasteiger partial charge is 0.269 e. The van der Waals surface area contributed by atoms with E-state index in [0.717, 1.165) is 31.5 Å². The summed E-state index contributed by atoms with van der Waals surface area (Å²) < 4.78 is 0. The first kappa shape index (κ1) is 13.5. The molecule has 102 valence electrons. The van der Waals surface area contributed by atoms with Crippen LogP contribution in [-0.4, -0.2) is 24.9 Å². The fourth-order valence-corrected chi connectivity index (χ4v) is 2.20. The minimum atomic E-state index is -0.277. The van der Waals surface area contributed by atoms with E-state index < -0.39 is 0 Å². The molecule has 5 nitrogen and oxygen atoms in total. The summed E-state index contributed by atoms with van der Waals surface area (Å²) in [7, 11) is 0. The second kappa shape index (κ2) is 6.33. The SMILES string of the molecule is Cc1ccccc1C(=O)NNC(=O)C1CCNCC1. The third-order valence-electron chi connectivity index (χ3n) is 3.40. The Bertz CT molecular complexity index is 468. The van der Waals surface area contributed by atoms with Gasteiger partial charge in [0, 0.05) is 11.5 Å². The molecule has 1 fully saturated rings. The van der Waals surface area contributed by atoms with Gasteiger partial charge in [-0.05, 0) is 44.5 Å². The lowest BCUT2D eigenvalue weighted by Crippen LogP contribution is -2.46. The number of amides is 2. The second-order valence-electron chi connectivity index (χ2n) is 4.78. The first-order valence-corrected chi connectivity index (χ1v) is 6.55. The Labute approximate surface area is 112 Å². The van der Waals surface area contributed by atoms with Gasteiger partial charge in [0.25, 0.3) is 5.91 Å². The van der Waals surface area contributed by atoms with Gasteiger partial charge in [0.15, 0.2) is 0 Å². The highest BCUT2D eigenvalue weighted by atomic mass is 16.2. The number of aryl methyl sites for hydroxylation is 1. The molecule has 1 aromatic rings. The van der Waals surface area contributed by atoms with Crippen molar-refractivity contribution < 1.29 is 9.59 Å². The van der Waals surface area contributed by atoms with E-state index in [1.54, 1.807) is 12.1 Å². The van der Waals surface area contributed by atoms with Crippen LogP contribution in [-0.2, 0) is 4.79 Å². The van der Waals surface area contributed by atoms with E-state index in [0.29, 0.717) is 5.56 Å². The van der Waals surface area contributed by atoms with Gasteiger partial charge in [-0.1, -0.05) is 18.2 Å². The average Bonchev–Trinajstić information content (AvgIpc) is 2.46. The molecule has 2 rings (SSSR count). The molecule has 0 bridgehead atoms. The van der Waals surface area contributed by atoms with Crippen LogP contribution < -0.4 is 16.2 Å². The number of nitrogens with one attached hydrogen (secondary N) is 3. The van der Waals surface area contributed by atoms with Crippen molar-refractivity contribution >= 4 is 11.8 Å². The van der Waals surface area contributed by atoms with E-state index in [4.69, 9.17) is 0 Å². The Kier molecular flexibility index (Phi) is 4.52. The van der Waals surface area contributed by atoms with Crippen LogP contribution in [0.3, 0.4) is 0 Å². The second-order valence-corrected chi connectivity index (χ2v) is 4.78. The summed E-state index contributed by atoms with van der Waals surface area (Å²) >= 11 is 0. The summed E-state index contributed by atoms with van der Waals surface area (Å²) in [6.07, 6.45) is 1.62. The van der Waals surface area contributed by atoms with Gasteiger partial charge in [-0.15, -0.1) is 0 Å². The Morgan fingerprint density at radius 2 is 1.84 bits per heavy atom. The van der Waals surface area contributed by atoms with Gasteiger partial charge in [-0.25, -0.2) is 0 Å². The Hall–Kier alpha value is -1.88.